The molecule has 15 nitrogen and oxygen atoms in total. The number of thioether (sulfide) groups is 1. The summed E-state index contributed by atoms with van der Waals surface area (Å²) in [5.41, 5.74) is 2.11. The summed E-state index contributed by atoms with van der Waals surface area (Å²) in [6, 6.07) is -0.296. The Morgan fingerprint density at radius 2 is 1.67 bits per heavy atom. The van der Waals surface area contributed by atoms with Crippen molar-refractivity contribution in [2.75, 3.05) is 59.9 Å². The lowest BCUT2D eigenvalue weighted by molar-refractivity contribution is -0.137. The third kappa shape index (κ3) is 9.69. The van der Waals surface area contributed by atoms with Gasteiger partial charge in [0.2, 0.25) is 0 Å². The maximum absolute atomic E-state index is 11.9. The molecule has 0 aromatic carbocycles. The molecular weight excluding hydrogens is 620 g/mol. The highest BCUT2D eigenvalue weighted by molar-refractivity contribution is 8.00. The number of fused-ring (bicyclic) bond motifs is 3. The van der Waals surface area contributed by atoms with Crippen LogP contribution >= 0.6 is 11.8 Å². The van der Waals surface area contributed by atoms with Crippen LogP contribution in [0.2, 0.25) is 0 Å². The highest BCUT2D eigenvalue weighted by atomic mass is 32.2. The predicted molar refractivity (Wildman–Crippen MR) is 166 cm³/mol. The number of carbonyl (C=O) groups excluding carboxylic acids is 2. The van der Waals surface area contributed by atoms with Crippen molar-refractivity contribution >= 4 is 29.9 Å². The lowest BCUT2D eigenvalue weighted by Gasteiger charge is -2.17. The summed E-state index contributed by atoms with van der Waals surface area (Å²) in [6.45, 7) is 4.36. The third-order valence-electron chi connectivity index (χ3n) is 9.28. The fraction of sp³-hybridized carbons (Fsp3) is 0.833. The van der Waals surface area contributed by atoms with E-state index < -0.39 is 5.97 Å². The molecule has 2 aliphatic heterocycles. The summed E-state index contributed by atoms with van der Waals surface area (Å²) < 4.78 is 30.3. The number of rotatable bonds is 20. The number of ether oxygens (including phenoxy) is 5. The molecule has 4 aliphatic rings. The van der Waals surface area contributed by atoms with Gasteiger partial charge in [0, 0.05) is 18.7 Å². The van der Waals surface area contributed by atoms with E-state index in [1.807, 2.05) is 4.68 Å². The zero-order valence-electron chi connectivity index (χ0n) is 26.5. The maximum Gasteiger partial charge on any atom is 0.406 e. The van der Waals surface area contributed by atoms with Crippen molar-refractivity contribution in [1.82, 2.24) is 30.9 Å². The molecule has 16 heteroatoms. The van der Waals surface area contributed by atoms with Gasteiger partial charge in [0.05, 0.1) is 82.9 Å². The molecule has 1 aromatic heterocycles. The molecule has 3 fully saturated rings. The van der Waals surface area contributed by atoms with Gasteiger partial charge in [-0.2, -0.15) is 0 Å². The van der Waals surface area contributed by atoms with Gasteiger partial charge in [0.25, 0.3) is 0 Å². The number of amides is 3. The third-order valence-corrected chi connectivity index (χ3v) is 10.9. The van der Waals surface area contributed by atoms with Crippen molar-refractivity contribution < 1.29 is 43.2 Å². The Hall–Kier alpha value is -2.66. The summed E-state index contributed by atoms with van der Waals surface area (Å²) >= 11 is 1.69. The quantitative estimate of drug-likeness (QED) is 0.116. The topological polar surface area (TPSA) is 184 Å². The van der Waals surface area contributed by atoms with Crippen molar-refractivity contribution in [3.63, 3.8) is 0 Å². The molecule has 5 rings (SSSR count). The van der Waals surface area contributed by atoms with E-state index >= 15 is 0 Å². The summed E-state index contributed by atoms with van der Waals surface area (Å²) in [5, 5.41) is 26.3. The van der Waals surface area contributed by atoms with Crippen LogP contribution in [0, 0.1) is 17.8 Å². The molecule has 7 atom stereocenters. The number of hydrogen-bond donors (Lipinski definition) is 4. The first-order chi connectivity index (χ1) is 22.4. The molecule has 0 spiro atoms. The normalized spacial score (nSPS) is 27.8. The van der Waals surface area contributed by atoms with E-state index in [-0.39, 0.29) is 41.3 Å². The molecule has 1 aromatic rings. The number of alkyl carbamates (subject to hydrolysis) is 1. The Morgan fingerprint density at radius 1 is 0.978 bits per heavy atom. The predicted octanol–water partition coefficient (Wildman–Crippen LogP) is 1.58. The molecule has 0 bridgehead atoms. The van der Waals surface area contributed by atoms with Gasteiger partial charge < -0.3 is 44.7 Å². The highest BCUT2D eigenvalue weighted by Gasteiger charge is 2.51. The number of aryl methyl sites for hydroxylation is 1. The van der Waals surface area contributed by atoms with Crippen molar-refractivity contribution in [2.24, 2.45) is 17.8 Å². The van der Waals surface area contributed by atoms with Crippen LogP contribution in [0.25, 0.3) is 0 Å². The van der Waals surface area contributed by atoms with Gasteiger partial charge in [-0.3, -0.25) is 4.79 Å². The first-order valence-electron chi connectivity index (χ1n) is 16.5. The smallest absolute Gasteiger partial charge is 0.406 e. The van der Waals surface area contributed by atoms with Crippen LogP contribution in [0.3, 0.4) is 0 Å². The van der Waals surface area contributed by atoms with Gasteiger partial charge in [-0.05, 0) is 56.3 Å². The average Bonchev–Trinajstić information content (AvgIpc) is 3.26. The first kappa shape index (κ1) is 34.7. The molecule has 258 valence electrons. The number of nitrogens with zero attached hydrogens (tertiary/aromatic N) is 3. The van der Waals surface area contributed by atoms with Crippen LogP contribution in [-0.4, -0.2) is 121 Å². The molecule has 4 N–H and O–H groups in total. The maximum atomic E-state index is 11.9. The van der Waals surface area contributed by atoms with Crippen LogP contribution in [0.15, 0.2) is 0 Å². The van der Waals surface area contributed by atoms with E-state index in [0.717, 1.165) is 44.2 Å². The number of urea groups is 1. The summed E-state index contributed by atoms with van der Waals surface area (Å²) in [5.74, 6) is 0.872. The van der Waals surface area contributed by atoms with Crippen molar-refractivity contribution in [1.29, 1.82) is 0 Å². The second kappa shape index (κ2) is 17.5. The Kier molecular flexibility index (Phi) is 13.2. The van der Waals surface area contributed by atoms with Crippen LogP contribution in [-0.2, 0) is 47.9 Å². The molecule has 3 heterocycles. The van der Waals surface area contributed by atoms with E-state index in [2.05, 4.69) is 26.3 Å². The molecule has 2 aliphatic carbocycles. The largest absolute Gasteiger partial charge is 0.481 e. The van der Waals surface area contributed by atoms with Crippen LogP contribution in [0.1, 0.15) is 49.9 Å². The molecule has 3 unspecified atom stereocenters. The Balaban J connectivity index is 0.866. The van der Waals surface area contributed by atoms with E-state index in [1.165, 1.54) is 5.69 Å². The van der Waals surface area contributed by atoms with Gasteiger partial charge in [-0.1, -0.05) is 11.6 Å². The fourth-order valence-electron chi connectivity index (χ4n) is 6.85. The lowest BCUT2D eigenvalue weighted by Crippen LogP contribution is -2.40. The average molecular weight is 669 g/mol. The van der Waals surface area contributed by atoms with Crippen molar-refractivity contribution in [2.45, 2.75) is 80.7 Å². The van der Waals surface area contributed by atoms with Gasteiger partial charge in [0.15, 0.2) is 0 Å². The first-order valence-corrected chi connectivity index (χ1v) is 17.4. The number of carbonyl (C=O) groups is 3. The second-order valence-electron chi connectivity index (χ2n) is 12.2. The van der Waals surface area contributed by atoms with Gasteiger partial charge in [0.1, 0.15) is 5.44 Å². The van der Waals surface area contributed by atoms with E-state index in [1.54, 1.807) is 18.8 Å². The number of carboxylic acids is 1. The number of unbranched alkanes of at least 4 members (excludes halogenated alkanes) is 1. The number of nitrogens with one attached hydrogen (secondary N) is 3. The second-order valence-corrected chi connectivity index (χ2v) is 13.5. The van der Waals surface area contributed by atoms with Gasteiger partial charge >= 0.3 is 18.1 Å². The van der Waals surface area contributed by atoms with Crippen LogP contribution in [0.5, 0.6) is 0 Å². The van der Waals surface area contributed by atoms with Crippen molar-refractivity contribution in [3.8, 4) is 0 Å². The minimum atomic E-state index is -0.781. The molecule has 3 amide bonds. The van der Waals surface area contributed by atoms with Crippen LogP contribution < -0.4 is 16.0 Å². The number of aliphatic carboxylic acids is 1. The van der Waals surface area contributed by atoms with E-state index in [0.29, 0.717) is 83.6 Å². The fourth-order valence-corrected chi connectivity index (χ4v) is 8.49. The number of hydrogen-bond acceptors (Lipinski definition) is 11. The van der Waals surface area contributed by atoms with Gasteiger partial charge in [-0.25, -0.2) is 14.3 Å². The molecule has 2 saturated heterocycles. The summed E-state index contributed by atoms with van der Waals surface area (Å²) in [7, 11) is 1.58. The van der Waals surface area contributed by atoms with Crippen molar-refractivity contribution in [3.05, 3.63) is 11.4 Å². The minimum Gasteiger partial charge on any atom is -0.481 e. The zero-order chi connectivity index (χ0) is 32.3. The summed E-state index contributed by atoms with van der Waals surface area (Å²) in [6.07, 6.45) is 6.02. The van der Waals surface area contributed by atoms with Crippen LogP contribution in [0.4, 0.5) is 9.59 Å². The molecule has 0 radical (unpaired) electrons. The Morgan fingerprint density at radius 3 is 2.41 bits per heavy atom. The minimum absolute atomic E-state index is 0.0119. The lowest BCUT2D eigenvalue weighted by atomic mass is 10.0. The summed E-state index contributed by atoms with van der Waals surface area (Å²) in [4.78, 5) is 34.1. The Bertz CT molecular complexity index is 1160. The van der Waals surface area contributed by atoms with Gasteiger partial charge in [-0.15, -0.1) is 16.9 Å². The monoisotopic (exact) mass is 668 g/mol. The standard InChI is InChI=1S/C30H48N6O9S/c1-31-30(40)45-18-21-19-6-8-22-23(9-7-20(19)21)36(35-34-22)10-11-41-12-13-42-14-15-43-16-17-44-28-27-26(32-29(39)33-27)24(46-28)4-2-3-5-25(37)38/h19-21,24,26-28H,2-18H2,1H3,(H,31,40)(H,37,38)(H2,32,33,39)/t19?,20?,21?,24-,26+,27+,28+/m0/s1. The number of carboxylic acid groups (broad SMARTS) is 1. The molecular formula is C30H48N6O9S. The molecule has 1 saturated carbocycles. The van der Waals surface area contributed by atoms with E-state index in [4.69, 9.17) is 28.8 Å². The van der Waals surface area contributed by atoms with E-state index in [9.17, 15) is 14.4 Å². The number of aromatic nitrogens is 3. The SMILES string of the molecule is CNC(=O)OCC1C2CCc3nnn(CCOCCOCCOCCO[C@@H]4S[C@@H](CCCCC(=O)O)[C@H]5NC(=O)N[C@H]54)c3CCC21. The Labute approximate surface area is 273 Å². The highest BCUT2D eigenvalue weighted by Crippen LogP contribution is 2.53. The zero-order valence-corrected chi connectivity index (χ0v) is 27.3. The molecule has 46 heavy (non-hydrogen) atoms.